The summed E-state index contributed by atoms with van der Waals surface area (Å²) in [4.78, 5) is 4.23. The van der Waals surface area contributed by atoms with Gasteiger partial charge in [0.05, 0.1) is 16.2 Å². The minimum Gasteiger partial charge on any atom is -0.276 e. The molecule has 0 bridgehead atoms. The average molecular weight is 246 g/mol. The molecule has 0 spiro atoms. The molecule has 5 heteroatoms. The number of H-pyrrole nitrogens is 1. The third-order valence-electron chi connectivity index (χ3n) is 1.62. The van der Waals surface area contributed by atoms with Gasteiger partial charge in [-0.1, -0.05) is 11.6 Å². The molecular formula is C7H5BrClN3. The van der Waals surface area contributed by atoms with Gasteiger partial charge in [0.15, 0.2) is 0 Å². The van der Waals surface area contributed by atoms with Crippen LogP contribution in [-0.4, -0.2) is 15.2 Å². The van der Waals surface area contributed by atoms with Crippen LogP contribution in [0.4, 0.5) is 0 Å². The Kier molecular flexibility index (Phi) is 1.81. The van der Waals surface area contributed by atoms with E-state index in [1.165, 1.54) is 0 Å². The minimum absolute atomic E-state index is 0.589. The predicted octanol–water partition coefficient (Wildman–Crippen LogP) is 2.68. The van der Waals surface area contributed by atoms with Gasteiger partial charge in [-0.25, -0.2) is 4.98 Å². The van der Waals surface area contributed by atoms with Gasteiger partial charge in [-0.05, 0) is 28.9 Å². The molecule has 0 radical (unpaired) electrons. The number of nitrogens with one attached hydrogen (secondary N) is 1. The van der Waals surface area contributed by atoms with E-state index in [4.69, 9.17) is 11.6 Å². The van der Waals surface area contributed by atoms with Gasteiger partial charge in [0.1, 0.15) is 10.1 Å². The Bertz CT molecular complexity index is 437. The molecule has 62 valence electrons. The number of pyridine rings is 1. The van der Waals surface area contributed by atoms with Crippen molar-refractivity contribution in [1.29, 1.82) is 0 Å². The van der Waals surface area contributed by atoms with Crippen LogP contribution in [0.5, 0.6) is 0 Å². The summed E-state index contributed by atoms with van der Waals surface area (Å²) in [6, 6.07) is 1.80. The van der Waals surface area contributed by atoms with Crippen LogP contribution >= 0.6 is 27.5 Å². The molecule has 0 aliphatic rings. The zero-order chi connectivity index (χ0) is 8.72. The van der Waals surface area contributed by atoms with Gasteiger partial charge in [-0.2, -0.15) is 5.10 Å². The van der Waals surface area contributed by atoms with E-state index in [-0.39, 0.29) is 0 Å². The van der Waals surface area contributed by atoms with Gasteiger partial charge in [0, 0.05) is 0 Å². The second-order valence-corrected chi connectivity index (χ2v) is 3.62. The van der Waals surface area contributed by atoms with Crippen LogP contribution in [0, 0.1) is 6.92 Å². The van der Waals surface area contributed by atoms with Crippen molar-refractivity contribution in [2.45, 2.75) is 6.92 Å². The maximum atomic E-state index is 5.84. The third kappa shape index (κ3) is 1.11. The molecule has 0 saturated carbocycles. The van der Waals surface area contributed by atoms with Gasteiger partial charge in [0.2, 0.25) is 0 Å². The SMILES string of the molecule is Cc1n[nH]c2cc(Cl)c(Br)nc12. The van der Waals surface area contributed by atoms with Gasteiger partial charge >= 0.3 is 0 Å². The predicted molar refractivity (Wildman–Crippen MR) is 51.3 cm³/mol. The van der Waals surface area contributed by atoms with Crippen molar-refractivity contribution in [2.24, 2.45) is 0 Å². The van der Waals surface area contributed by atoms with Gasteiger partial charge < -0.3 is 0 Å². The van der Waals surface area contributed by atoms with Crippen molar-refractivity contribution in [1.82, 2.24) is 15.2 Å². The van der Waals surface area contributed by atoms with Crippen LogP contribution in [-0.2, 0) is 0 Å². The summed E-state index contributed by atoms with van der Waals surface area (Å²) in [6.07, 6.45) is 0. The zero-order valence-electron chi connectivity index (χ0n) is 6.23. The van der Waals surface area contributed by atoms with Crippen molar-refractivity contribution in [3.05, 3.63) is 21.4 Å². The summed E-state index contributed by atoms with van der Waals surface area (Å²) in [5.74, 6) is 0. The maximum absolute atomic E-state index is 5.84. The van der Waals surface area contributed by atoms with Crippen molar-refractivity contribution < 1.29 is 0 Å². The highest BCUT2D eigenvalue weighted by Crippen LogP contribution is 2.24. The van der Waals surface area contributed by atoms with E-state index in [0.717, 1.165) is 16.7 Å². The standard InChI is InChI=1S/C7H5BrClN3/c1-3-6-5(12-11-3)2-4(9)7(8)10-6/h2H,1H3,(H,11,12). The summed E-state index contributed by atoms with van der Waals surface area (Å²) in [6.45, 7) is 1.90. The number of aromatic nitrogens is 3. The Hall–Kier alpha value is -0.610. The van der Waals surface area contributed by atoms with Crippen LogP contribution < -0.4 is 0 Å². The lowest BCUT2D eigenvalue weighted by Gasteiger charge is -1.94. The molecule has 2 aromatic rings. The number of hydrogen-bond acceptors (Lipinski definition) is 2. The zero-order valence-corrected chi connectivity index (χ0v) is 8.57. The number of hydrogen-bond donors (Lipinski definition) is 1. The van der Waals surface area contributed by atoms with Crippen molar-refractivity contribution in [3.8, 4) is 0 Å². The first-order chi connectivity index (χ1) is 5.68. The van der Waals surface area contributed by atoms with Crippen LogP contribution in [0.1, 0.15) is 5.69 Å². The summed E-state index contributed by atoms with van der Waals surface area (Å²) in [5, 5.41) is 7.44. The average Bonchev–Trinajstić information content (AvgIpc) is 2.35. The van der Waals surface area contributed by atoms with Crippen molar-refractivity contribution >= 4 is 38.6 Å². The quantitative estimate of drug-likeness (QED) is 0.726. The third-order valence-corrected chi connectivity index (χ3v) is 2.74. The molecule has 0 aliphatic heterocycles. The molecule has 0 fully saturated rings. The molecule has 0 atom stereocenters. The highest BCUT2D eigenvalue weighted by atomic mass is 79.9. The Labute approximate surface area is 82.3 Å². The molecule has 2 heterocycles. The van der Waals surface area contributed by atoms with E-state index in [1.54, 1.807) is 6.07 Å². The molecule has 3 nitrogen and oxygen atoms in total. The first-order valence-corrected chi connectivity index (χ1v) is 4.52. The second kappa shape index (κ2) is 2.71. The van der Waals surface area contributed by atoms with Crippen LogP contribution in [0.25, 0.3) is 11.0 Å². The first-order valence-electron chi connectivity index (χ1n) is 3.35. The summed E-state index contributed by atoms with van der Waals surface area (Å²) >= 11 is 9.09. The molecular weight excluding hydrogens is 241 g/mol. The fourth-order valence-corrected chi connectivity index (χ4v) is 1.47. The molecule has 2 rings (SSSR count). The monoisotopic (exact) mass is 245 g/mol. The molecule has 1 N–H and O–H groups in total. The van der Waals surface area contributed by atoms with Crippen molar-refractivity contribution in [2.75, 3.05) is 0 Å². The van der Waals surface area contributed by atoms with Crippen LogP contribution in [0.15, 0.2) is 10.7 Å². The highest BCUT2D eigenvalue weighted by Gasteiger charge is 2.06. The molecule has 2 aromatic heterocycles. The fourth-order valence-electron chi connectivity index (χ4n) is 1.02. The van der Waals surface area contributed by atoms with Gasteiger partial charge in [0.25, 0.3) is 0 Å². The minimum atomic E-state index is 0.589. The van der Waals surface area contributed by atoms with Crippen LogP contribution in [0.2, 0.25) is 5.02 Å². The Morgan fingerprint density at radius 2 is 2.33 bits per heavy atom. The number of aryl methyl sites for hydroxylation is 1. The van der Waals surface area contributed by atoms with E-state index in [1.807, 2.05) is 6.92 Å². The fraction of sp³-hybridized carbons (Fsp3) is 0.143. The lowest BCUT2D eigenvalue weighted by molar-refractivity contribution is 1.07. The van der Waals surface area contributed by atoms with E-state index in [2.05, 4.69) is 31.1 Å². The van der Waals surface area contributed by atoms with Gasteiger partial charge in [-0.15, -0.1) is 0 Å². The Morgan fingerprint density at radius 3 is 3.08 bits per heavy atom. The highest BCUT2D eigenvalue weighted by molar-refractivity contribution is 9.10. The van der Waals surface area contributed by atoms with Gasteiger partial charge in [-0.3, -0.25) is 5.10 Å². The van der Waals surface area contributed by atoms with E-state index < -0.39 is 0 Å². The number of nitrogens with zero attached hydrogens (tertiary/aromatic N) is 2. The molecule has 12 heavy (non-hydrogen) atoms. The molecule has 0 aromatic carbocycles. The lowest BCUT2D eigenvalue weighted by atomic mass is 10.3. The summed E-state index contributed by atoms with van der Waals surface area (Å²) < 4.78 is 0.654. The first kappa shape index (κ1) is 8.01. The number of fused-ring (bicyclic) bond motifs is 1. The molecule has 0 unspecified atom stereocenters. The van der Waals surface area contributed by atoms with Crippen molar-refractivity contribution in [3.63, 3.8) is 0 Å². The molecule has 0 saturated heterocycles. The lowest BCUT2D eigenvalue weighted by Crippen LogP contribution is -1.79. The number of aromatic amines is 1. The Balaban J connectivity index is 2.87. The largest absolute Gasteiger partial charge is 0.276 e. The number of rotatable bonds is 0. The van der Waals surface area contributed by atoms with E-state index in [9.17, 15) is 0 Å². The number of halogens is 2. The Morgan fingerprint density at radius 1 is 1.58 bits per heavy atom. The molecule has 0 aliphatic carbocycles. The van der Waals surface area contributed by atoms with Crippen LogP contribution in [0.3, 0.4) is 0 Å². The topological polar surface area (TPSA) is 41.6 Å². The second-order valence-electron chi connectivity index (χ2n) is 2.47. The normalized spacial score (nSPS) is 10.9. The van der Waals surface area contributed by atoms with E-state index >= 15 is 0 Å². The summed E-state index contributed by atoms with van der Waals surface area (Å²) in [5.41, 5.74) is 2.59. The maximum Gasteiger partial charge on any atom is 0.125 e. The van der Waals surface area contributed by atoms with E-state index in [0.29, 0.717) is 9.63 Å². The molecule has 0 amide bonds. The summed E-state index contributed by atoms with van der Waals surface area (Å²) in [7, 11) is 0. The smallest absolute Gasteiger partial charge is 0.125 e.